The zero-order chi connectivity index (χ0) is 22.1. The van der Waals surface area contributed by atoms with Gasteiger partial charge in [0, 0.05) is 22.5 Å². The molecule has 0 radical (unpaired) electrons. The number of nitrogens with zero attached hydrogens (tertiary/aromatic N) is 2. The number of carbonyl (C=O) groups is 1. The highest BCUT2D eigenvalue weighted by molar-refractivity contribution is 7.80. The Morgan fingerprint density at radius 3 is 2.61 bits per heavy atom. The fourth-order valence-corrected chi connectivity index (χ4v) is 4.27. The molecule has 0 fully saturated rings. The van der Waals surface area contributed by atoms with E-state index in [0.29, 0.717) is 33.0 Å². The van der Waals surface area contributed by atoms with E-state index >= 15 is 0 Å². The fraction of sp³-hybridized carbons (Fsp3) is 0.174. The van der Waals surface area contributed by atoms with Gasteiger partial charge in [-0.2, -0.15) is 0 Å². The van der Waals surface area contributed by atoms with E-state index in [-0.39, 0.29) is 5.91 Å². The second-order valence-corrected chi connectivity index (χ2v) is 8.15. The number of benzene rings is 2. The first-order valence-corrected chi connectivity index (χ1v) is 10.5. The smallest absolute Gasteiger partial charge is 0.257 e. The number of hydrogen-bond donors (Lipinski definition) is 2. The quantitative estimate of drug-likeness (QED) is 0.524. The first-order chi connectivity index (χ1) is 14.8. The van der Waals surface area contributed by atoms with Gasteiger partial charge in [0.05, 0.1) is 11.6 Å². The summed E-state index contributed by atoms with van der Waals surface area (Å²) >= 11 is 12.2. The van der Waals surface area contributed by atoms with Gasteiger partial charge in [-0.25, -0.2) is 0 Å². The van der Waals surface area contributed by atoms with E-state index in [0.717, 1.165) is 16.8 Å². The Morgan fingerprint density at radius 2 is 1.94 bits per heavy atom. The number of aryl methyl sites for hydroxylation is 2. The molecule has 1 amide bonds. The topological polar surface area (TPSA) is 70.4 Å². The van der Waals surface area contributed by atoms with E-state index in [9.17, 15) is 4.79 Å². The van der Waals surface area contributed by atoms with Crippen LogP contribution in [0.15, 0.2) is 70.4 Å². The zero-order valence-corrected chi connectivity index (χ0v) is 18.8. The average molecular weight is 453 g/mol. The molecule has 0 saturated carbocycles. The summed E-state index contributed by atoms with van der Waals surface area (Å²) in [6.07, 6.45) is 0. The third-order valence-corrected chi connectivity index (χ3v) is 5.72. The second kappa shape index (κ2) is 8.53. The number of aromatic nitrogens is 1. The van der Waals surface area contributed by atoms with Crippen molar-refractivity contribution in [3.05, 3.63) is 87.8 Å². The van der Waals surface area contributed by atoms with Gasteiger partial charge in [0.1, 0.15) is 5.76 Å². The second-order valence-electron chi connectivity index (χ2n) is 7.35. The molecule has 2 N–H and O–H groups in total. The normalized spacial score (nSPS) is 16.3. The van der Waals surface area contributed by atoms with Gasteiger partial charge in [0.2, 0.25) is 0 Å². The molecule has 0 spiro atoms. The molecule has 4 rings (SSSR count). The summed E-state index contributed by atoms with van der Waals surface area (Å²) < 4.78 is 5.08. The Balaban J connectivity index is 1.83. The number of allylic oxidation sites excluding steroid dienone is 1. The summed E-state index contributed by atoms with van der Waals surface area (Å²) in [6, 6.07) is 16.5. The Kier molecular flexibility index (Phi) is 5.80. The molecule has 2 heterocycles. The molecule has 1 unspecified atom stereocenters. The van der Waals surface area contributed by atoms with Crippen LogP contribution in [0.2, 0.25) is 5.02 Å². The van der Waals surface area contributed by atoms with Gasteiger partial charge in [-0.15, -0.1) is 0 Å². The third kappa shape index (κ3) is 4.19. The van der Waals surface area contributed by atoms with E-state index in [1.165, 1.54) is 0 Å². The van der Waals surface area contributed by atoms with Crippen molar-refractivity contribution in [1.82, 2.24) is 10.5 Å². The number of rotatable bonds is 4. The lowest BCUT2D eigenvalue weighted by Gasteiger charge is -2.38. The van der Waals surface area contributed by atoms with Crippen LogP contribution in [0.4, 0.5) is 11.5 Å². The van der Waals surface area contributed by atoms with Crippen molar-refractivity contribution in [3.8, 4) is 0 Å². The standard InChI is InChI=1S/C23H21ClN4O2S/c1-13-7-6-8-16(11-13)28-15(3)20(22(29)25-19-12-14(2)30-27-19)21(26-23(28)31)17-9-4-5-10-18(17)24/h4-12,21H,1-3H3,(H,26,31)(H,25,27,29). The Bertz CT molecular complexity index is 1200. The van der Waals surface area contributed by atoms with Crippen molar-refractivity contribution in [2.45, 2.75) is 26.8 Å². The molecule has 1 atom stereocenters. The van der Waals surface area contributed by atoms with Crippen molar-refractivity contribution in [3.63, 3.8) is 0 Å². The highest BCUT2D eigenvalue weighted by atomic mass is 35.5. The summed E-state index contributed by atoms with van der Waals surface area (Å²) in [7, 11) is 0. The monoisotopic (exact) mass is 452 g/mol. The summed E-state index contributed by atoms with van der Waals surface area (Å²) in [5.41, 5.74) is 3.91. The molecule has 158 valence electrons. The van der Waals surface area contributed by atoms with Crippen LogP contribution >= 0.6 is 23.8 Å². The van der Waals surface area contributed by atoms with Gasteiger partial charge in [-0.05, 0) is 62.3 Å². The highest BCUT2D eigenvalue weighted by Gasteiger charge is 2.35. The molecule has 31 heavy (non-hydrogen) atoms. The van der Waals surface area contributed by atoms with Gasteiger partial charge in [-0.1, -0.05) is 47.1 Å². The largest absolute Gasteiger partial charge is 0.360 e. The first kappa shape index (κ1) is 21.1. The Morgan fingerprint density at radius 1 is 1.16 bits per heavy atom. The lowest BCUT2D eigenvalue weighted by Crippen LogP contribution is -2.48. The third-order valence-electron chi connectivity index (χ3n) is 5.08. The molecule has 0 aliphatic carbocycles. The van der Waals surface area contributed by atoms with Crippen LogP contribution in [-0.2, 0) is 4.79 Å². The molecule has 6 nitrogen and oxygen atoms in total. The van der Waals surface area contributed by atoms with E-state index in [4.69, 9.17) is 28.3 Å². The minimum Gasteiger partial charge on any atom is -0.360 e. The van der Waals surface area contributed by atoms with Crippen LogP contribution in [0.5, 0.6) is 0 Å². The number of amides is 1. The molecule has 0 saturated heterocycles. The van der Waals surface area contributed by atoms with Gasteiger partial charge in [0.15, 0.2) is 10.9 Å². The van der Waals surface area contributed by atoms with Crippen LogP contribution in [0.1, 0.15) is 29.9 Å². The zero-order valence-electron chi connectivity index (χ0n) is 17.3. The SMILES string of the molecule is CC1=C(C(=O)Nc2cc(C)on2)C(c2ccccc2Cl)NC(=S)N1c1cccc(C)c1. The number of anilines is 2. The van der Waals surface area contributed by atoms with Crippen LogP contribution in [0, 0.1) is 13.8 Å². The number of hydrogen-bond acceptors (Lipinski definition) is 4. The van der Waals surface area contributed by atoms with Crippen molar-refractivity contribution in [1.29, 1.82) is 0 Å². The molecule has 3 aromatic rings. The number of halogens is 1. The molecule has 2 aromatic carbocycles. The van der Waals surface area contributed by atoms with Crippen LogP contribution in [-0.4, -0.2) is 16.2 Å². The van der Waals surface area contributed by atoms with Crippen LogP contribution < -0.4 is 15.5 Å². The van der Waals surface area contributed by atoms with Crippen molar-refractivity contribution >= 4 is 46.3 Å². The Hall–Kier alpha value is -3.16. The average Bonchev–Trinajstić information content (AvgIpc) is 3.12. The number of nitrogens with one attached hydrogen (secondary N) is 2. The molecule has 8 heteroatoms. The Labute approximate surface area is 190 Å². The van der Waals surface area contributed by atoms with Gasteiger partial charge in [0.25, 0.3) is 5.91 Å². The van der Waals surface area contributed by atoms with E-state index in [1.807, 2.05) is 61.2 Å². The summed E-state index contributed by atoms with van der Waals surface area (Å²) in [6.45, 7) is 5.65. The minimum atomic E-state index is -0.518. The number of carbonyl (C=O) groups excluding carboxylic acids is 1. The lowest BCUT2D eigenvalue weighted by atomic mass is 9.94. The molecular formula is C23H21ClN4O2S. The maximum atomic E-state index is 13.4. The molecular weight excluding hydrogens is 432 g/mol. The van der Waals surface area contributed by atoms with E-state index in [1.54, 1.807) is 19.1 Å². The van der Waals surface area contributed by atoms with E-state index < -0.39 is 6.04 Å². The number of thiocarbonyl (C=S) groups is 1. The maximum absolute atomic E-state index is 13.4. The van der Waals surface area contributed by atoms with Gasteiger partial charge in [-0.3, -0.25) is 9.69 Å². The molecule has 0 bridgehead atoms. The van der Waals surface area contributed by atoms with Crippen molar-refractivity contribution < 1.29 is 9.32 Å². The van der Waals surface area contributed by atoms with Crippen LogP contribution in [0.25, 0.3) is 0 Å². The fourth-order valence-electron chi connectivity index (χ4n) is 3.67. The summed E-state index contributed by atoms with van der Waals surface area (Å²) in [4.78, 5) is 15.3. The van der Waals surface area contributed by atoms with Gasteiger partial charge < -0.3 is 15.2 Å². The first-order valence-electron chi connectivity index (χ1n) is 9.72. The molecule has 1 aromatic heterocycles. The molecule has 1 aliphatic rings. The van der Waals surface area contributed by atoms with Gasteiger partial charge >= 0.3 is 0 Å². The van der Waals surface area contributed by atoms with Crippen molar-refractivity contribution in [2.24, 2.45) is 0 Å². The molecule has 1 aliphatic heterocycles. The minimum absolute atomic E-state index is 0.316. The summed E-state index contributed by atoms with van der Waals surface area (Å²) in [5, 5.41) is 11.0. The van der Waals surface area contributed by atoms with E-state index in [2.05, 4.69) is 15.8 Å². The summed E-state index contributed by atoms with van der Waals surface area (Å²) in [5.74, 6) is 0.632. The predicted octanol–water partition coefficient (Wildman–Crippen LogP) is 5.29. The maximum Gasteiger partial charge on any atom is 0.257 e. The highest BCUT2D eigenvalue weighted by Crippen LogP contribution is 2.36. The van der Waals surface area contributed by atoms with Crippen molar-refractivity contribution in [2.75, 3.05) is 10.2 Å². The van der Waals surface area contributed by atoms with Crippen LogP contribution in [0.3, 0.4) is 0 Å². The lowest BCUT2D eigenvalue weighted by molar-refractivity contribution is -0.113. The predicted molar refractivity (Wildman–Crippen MR) is 126 cm³/mol.